The largest absolute Gasteiger partial charge is 0.497 e. The fraction of sp³-hybridized carbons (Fsp3) is 0.500. The smallest absolute Gasteiger partial charge is 0.249 e. The number of alkyl halides is 1. The Kier molecular flexibility index (Phi) is 10.7. The number of hydroxylamine groups is 1. The average molecular weight is 635 g/mol. The van der Waals surface area contributed by atoms with E-state index < -0.39 is 40.7 Å². The van der Waals surface area contributed by atoms with Crippen LogP contribution in [0.5, 0.6) is 11.5 Å². The van der Waals surface area contributed by atoms with Crippen LogP contribution in [0, 0.1) is 22.9 Å². The van der Waals surface area contributed by atoms with Crippen molar-refractivity contribution in [3.8, 4) is 11.5 Å². The van der Waals surface area contributed by atoms with Crippen LogP contribution in [0.2, 0.25) is 0 Å². The SMILES string of the molecule is COc1ccc2ncc(CN3CCOCC3)c([C@H](F)CCC3(C(=O)NO)CCN(CCOc4c(F)cc(F)cc4F)CC3)c2c1. The van der Waals surface area contributed by atoms with E-state index in [1.54, 1.807) is 37.0 Å². The number of morpholine rings is 1. The van der Waals surface area contributed by atoms with Crippen molar-refractivity contribution >= 4 is 16.8 Å². The van der Waals surface area contributed by atoms with Crippen molar-refractivity contribution in [2.24, 2.45) is 5.41 Å². The fourth-order valence-electron chi connectivity index (χ4n) is 6.26. The molecule has 244 valence electrons. The van der Waals surface area contributed by atoms with Gasteiger partial charge in [-0.3, -0.25) is 24.8 Å². The molecule has 2 aliphatic heterocycles. The highest BCUT2D eigenvalue weighted by atomic mass is 19.1. The molecule has 2 aromatic carbocycles. The summed E-state index contributed by atoms with van der Waals surface area (Å²) in [4.78, 5) is 21.7. The zero-order chi connectivity index (χ0) is 32.0. The first-order valence-electron chi connectivity index (χ1n) is 15.1. The molecule has 0 bridgehead atoms. The number of benzene rings is 2. The zero-order valence-corrected chi connectivity index (χ0v) is 25.2. The van der Waals surface area contributed by atoms with Crippen molar-refractivity contribution < 1.29 is 41.8 Å². The summed E-state index contributed by atoms with van der Waals surface area (Å²) < 4.78 is 73.6. The average Bonchev–Trinajstić information content (AvgIpc) is 3.05. The van der Waals surface area contributed by atoms with Crippen LogP contribution in [0.4, 0.5) is 17.6 Å². The van der Waals surface area contributed by atoms with Gasteiger partial charge in [0.05, 0.1) is 31.3 Å². The number of fused-ring (bicyclic) bond motifs is 1. The van der Waals surface area contributed by atoms with Gasteiger partial charge in [-0.25, -0.2) is 23.0 Å². The molecule has 2 aliphatic rings. The summed E-state index contributed by atoms with van der Waals surface area (Å²) in [7, 11) is 1.55. The van der Waals surface area contributed by atoms with Gasteiger partial charge < -0.3 is 14.2 Å². The molecule has 5 rings (SSSR count). The number of likely N-dealkylation sites (tertiary alicyclic amines) is 1. The molecule has 1 aromatic heterocycles. The number of amides is 1. The van der Waals surface area contributed by atoms with E-state index >= 15 is 4.39 Å². The van der Waals surface area contributed by atoms with Gasteiger partial charge in [-0.1, -0.05) is 0 Å². The Hall–Kier alpha value is -3.52. The number of halogens is 4. The van der Waals surface area contributed by atoms with Gasteiger partial charge in [-0.15, -0.1) is 0 Å². The van der Waals surface area contributed by atoms with Gasteiger partial charge in [0, 0.05) is 55.5 Å². The van der Waals surface area contributed by atoms with Gasteiger partial charge >= 0.3 is 0 Å². The number of rotatable bonds is 12. The van der Waals surface area contributed by atoms with Crippen molar-refractivity contribution in [1.29, 1.82) is 0 Å². The number of carbonyl (C=O) groups excluding carboxylic acids is 1. The summed E-state index contributed by atoms with van der Waals surface area (Å²) in [5.41, 5.74) is 2.67. The minimum atomic E-state index is -1.42. The summed E-state index contributed by atoms with van der Waals surface area (Å²) in [5, 5.41) is 10.3. The van der Waals surface area contributed by atoms with Gasteiger partial charge in [0.25, 0.3) is 0 Å². The molecule has 13 heteroatoms. The Morgan fingerprint density at radius 2 is 1.80 bits per heavy atom. The number of aromatic nitrogens is 1. The van der Waals surface area contributed by atoms with Gasteiger partial charge in [-0.2, -0.15) is 0 Å². The second-order valence-corrected chi connectivity index (χ2v) is 11.6. The highest BCUT2D eigenvalue weighted by Crippen LogP contribution is 2.42. The monoisotopic (exact) mass is 634 g/mol. The van der Waals surface area contributed by atoms with Crippen LogP contribution in [0.25, 0.3) is 10.9 Å². The summed E-state index contributed by atoms with van der Waals surface area (Å²) in [6, 6.07) is 6.46. The minimum absolute atomic E-state index is 0.0338. The number of carbonyl (C=O) groups is 1. The Balaban J connectivity index is 1.27. The molecule has 2 fully saturated rings. The van der Waals surface area contributed by atoms with Crippen molar-refractivity contribution in [1.82, 2.24) is 20.3 Å². The second kappa shape index (κ2) is 14.7. The molecule has 9 nitrogen and oxygen atoms in total. The number of nitrogens with one attached hydrogen (secondary N) is 1. The van der Waals surface area contributed by atoms with Crippen LogP contribution in [-0.2, 0) is 16.1 Å². The molecule has 0 radical (unpaired) electrons. The molecule has 3 aromatic rings. The van der Waals surface area contributed by atoms with Crippen LogP contribution in [-0.4, -0.2) is 85.6 Å². The predicted octanol–water partition coefficient (Wildman–Crippen LogP) is 4.95. The highest BCUT2D eigenvalue weighted by molar-refractivity contribution is 5.85. The van der Waals surface area contributed by atoms with Crippen LogP contribution < -0.4 is 15.0 Å². The van der Waals surface area contributed by atoms with Crippen LogP contribution in [0.15, 0.2) is 36.5 Å². The van der Waals surface area contributed by atoms with E-state index in [4.69, 9.17) is 14.2 Å². The summed E-state index contributed by atoms with van der Waals surface area (Å²) >= 11 is 0. The maximum Gasteiger partial charge on any atom is 0.249 e. The lowest BCUT2D eigenvalue weighted by atomic mass is 9.73. The molecule has 45 heavy (non-hydrogen) atoms. The van der Waals surface area contributed by atoms with Crippen molar-refractivity contribution in [2.45, 2.75) is 38.4 Å². The van der Waals surface area contributed by atoms with Gasteiger partial charge in [0.2, 0.25) is 5.91 Å². The van der Waals surface area contributed by atoms with E-state index in [-0.39, 0.29) is 19.4 Å². The van der Waals surface area contributed by atoms with E-state index in [0.29, 0.717) is 86.6 Å². The summed E-state index contributed by atoms with van der Waals surface area (Å²) in [5.74, 6) is -3.93. The van der Waals surface area contributed by atoms with E-state index in [2.05, 4.69) is 9.88 Å². The van der Waals surface area contributed by atoms with E-state index in [1.165, 1.54) is 0 Å². The lowest BCUT2D eigenvalue weighted by Crippen LogP contribution is -2.49. The maximum absolute atomic E-state index is 16.5. The number of nitrogens with zero attached hydrogens (tertiary/aromatic N) is 3. The highest BCUT2D eigenvalue weighted by Gasteiger charge is 2.42. The summed E-state index contributed by atoms with van der Waals surface area (Å²) in [6.45, 7) is 4.23. The van der Waals surface area contributed by atoms with Crippen molar-refractivity contribution in [2.75, 3.05) is 59.7 Å². The number of ether oxygens (including phenoxy) is 3. The van der Waals surface area contributed by atoms with E-state index in [0.717, 1.165) is 18.7 Å². The Morgan fingerprint density at radius 3 is 2.47 bits per heavy atom. The van der Waals surface area contributed by atoms with Gasteiger partial charge in [0.1, 0.15) is 24.3 Å². The second-order valence-electron chi connectivity index (χ2n) is 11.6. The predicted molar refractivity (Wildman–Crippen MR) is 157 cm³/mol. The Bertz CT molecular complexity index is 1460. The summed E-state index contributed by atoms with van der Waals surface area (Å²) in [6.07, 6.45) is 1.17. The van der Waals surface area contributed by atoms with Gasteiger partial charge in [0.15, 0.2) is 17.4 Å². The third-order valence-corrected chi connectivity index (χ3v) is 8.90. The number of hydrogen-bond acceptors (Lipinski definition) is 8. The van der Waals surface area contributed by atoms with E-state index in [1.807, 2.05) is 4.90 Å². The minimum Gasteiger partial charge on any atom is -0.497 e. The molecule has 2 saturated heterocycles. The maximum atomic E-state index is 16.5. The molecule has 0 aliphatic carbocycles. The number of hydrogen-bond donors (Lipinski definition) is 2. The quantitative estimate of drug-likeness (QED) is 0.164. The lowest BCUT2D eigenvalue weighted by Gasteiger charge is -2.40. The Morgan fingerprint density at radius 1 is 1.09 bits per heavy atom. The first kappa shape index (κ1) is 32.9. The van der Waals surface area contributed by atoms with Crippen LogP contribution in [0.1, 0.15) is 43.0 Å². The van der Waals surface area contributed by atoms with Crippen molar-refractivity contribution in [3.05, 3.63) is 65.1 Å². The third kappa shape index (κ3) is 7.66. The molecule has 1 atom stereocenters. The molecule has 0 spiro atoms. The topological polar surface area (TPSA) is 96.4 Å². The van der Waals surface area contributed by atoms with Crippen molar-refractivity contribution in [3.63, 3.8) is 0 Å². The van der Waals surface area contributed by atoms with Crippen LogP contribution in [0.3, 0.4) is 0 Å². The first-order chi connectivity index (χ1) is 21.7. The van der Waals surface area contributed by atoms with Gasteiger partial charge in [-0.05, 0) is 62.5 Å². The normalized spacial score (nSPS) is 18.1. The zero-order valence-electron chi connectivity index (χ0n) is 25.2. The lowest BCUT2D eigenvalue weighted by molar-refractivity contribution is -0.143. The molecular formula is C32H38F4N4O5. The number of piperidine rings is 1. The van der Waals surface area contributed by atoms with Crippen LogP contribution >= 0.6 is 0 Å². The molecular weight excluding hydrogens is 596 g/mol. The molecule has 0 unspecified atom stereocenters. The molecule has 0 saturated carbocycles. The molecule has 1 amide bonds. The Labute approximate surface area is 259 Å². The van der Waals surface area contributed by atoms with E-state index in [9.17, 15) is 23.2 Å². The molecule has 2 N–H and O–H groups in total. The number of pyridine rings is 1. The third-order valence-electron chi connectivity index (χ3n) is 8.90. The first-order valence-corrected chi connectivity index (χ1v) is 15.1. The standard InChI is InChI=1S/C32H38F4N4O5/c1-43-23-2-3-28-24(18-23)29(21(19-37-28)20-40-10-13-44-14-11-40)25(34)4-5-32(31(41)38-42)6-8-39(9-7-32)12-15-45-30-26(35)16-22(33)17-27(30)36/h2-3,16-19,25,42H,4-15,20H2,1H3,(H,38,41)/t25-/m1/s1. The fourth-order valence-corrected chi connectivity index (χ4v) is 6.26. The number of methoxy groups -OCH3 is 1. The molecule has 3 heterocycles.